The zero-order chi connectivity index (χ0) is 19.5. The predicted molar refractivity (Wildman–Crippen MR) is 105 cm³/mol. The van der Waals surface area contributed by atoms with Crippen molar-refractivity contribution in [3.63, 3.8) is 0 Å². The van der Waals surface area contributed by atoms with Crippen LogP contribution in [-0.2, 0) is 12.7 Å². The molecule has 0 bridgehead atoms. The lowest BCUT2D eigenvalue weighted by Gasteiger charge is -2.12. The van der Waals surface area contributed by atoms with E-state index in [-0.39, 0.29) is 4.47 Å². The van der Waals surface area contributed by atoms with E-state index in [0.717, 1.165) is 0 Å². The highest BCUT2D eigenvalue weighted by Crippen LogP contribution is 2.35. The summed E-state index contributed by atoms with van der Waals surface area (Å²) >= 11 is 20.0. The number of nitrogens with one attached hydrogen (secondary N) is 2. The SMILES string of the molecule is Cc1c(Br)c(C(F)(F)F)nn1CCCNC(=S)Nc1cc(Cl)ccc1Cl. The fourth-order valence-corrected chi connectivity index (χ4v) is 3.17. The van der Waals surface area contributed by atoms with E-state index in [1.54, 1.807) is 25.1 Å². The summed E-state index contributed by atoms with van der Waals surface area (Å²) < 4.78 is 39.8. The van der Waals surface area contributed by atoms with Crippen LogP contribution in [0.4, 0.5) is 18.9 Å². The summed E-state index contributed by atoms with van der Waals surface area (Å²) in [5, 5.41) is 10.8. The molecule has 26 heavy (non-hydrogen) atoms. The summed E-state index contributed by atoms with van der Waals surface area (Å²) in [6.07, 6.45) is -3.97. The van der Waals surface area contributed by atoms with E-state index in [9.17, 15) is 13.2 Å². The number of rotatable bonds is 5. The molecule has 1 heterocycles. The van der Waals surface area contributed by atoms with Crippen molar-refractivity contribution in [3.8, 4) is 0 Å². The molecule has 4 nitrogen and oxygen atoms in total. The van der Waals surface area contributed by atoms with E-state index in [1.165, 1.54) is 4.68 Å². The number of alkyl halides is 3. The molecule has 1 aromatic heterocycles. The molecule has 2 N–H and O–H groups in total. The van der Waals surface area contributed by atoms with E-state index in [1.807, 2.05) is 0 Å². The fraction of sp³-hybridized carbons (Fsp3) is 0.333. The molecule has 1 aromatic carbocycles. The number of hydrogen-bond donors (Lipinski definition) is 2. The molecular formula is C15H14BrCl2F3N4S. The minimum Gasteiger partial charge on any atom is -0.362 e. The van der Waals surface area contributed by atoms with Crippen molar-refractivity contribution in [1.29, 1.82) is 0 Å². The number of anilines is 1. The minimum atomic E-state index is -4.49. The number of aryl methyl sites for hydroxylation is 1. The van der Waals surface area contributed by atoms with Crippen LogP contribution in [0, 0.1) is 6.92 Å². The Morgan fingerprint density at radius 1 is 1.35 bits per heavy atom. The van der Waals surface area contributed by atoms with Crippen molar-refractivity contribution >= 4 is 62.1 Å². The van der Waals surface area contributed by atoms with Gasteiger partial charge in [0.25, 0.3) is 0 Å². The summed E-state index contributed by atoms with van der Waals surface area (Å²) in [5.74, 6) is 0. The van der Waals surface area contributed by atoms with Gasteiger partial charge in [-0.3, -0.25) is 4.68 Å². The molecule has 0 aliphatic rings. The van der Waals surface area contributed by atoms with Gasteiger partial charge in [0.05, 0.1) is 20.9 Å². The standard InChI is InChI=1S/C15H14BrCl2F3N4S/c1-8-12(16)13(15(19,20)21)24-25(8)6-2-5-22-14(26)23-11-7-9(17)3-4-10(11)18/h3-4,7H,2,5-6H2,1H3,(H2,22,23,26). The highest BCUT2D eigenvalue weighted by molar-refractivity contribution is 9.10. The topological polar surface area (TPSA) is 41.9 Å². The monoisotopic (exact) mass is 488 g/mol. The Hall–Kier alpha value is -1.03. The summed E-state index contributed by atoms with van der Waals surface area (Å²) in [6.45, 7) is 2.34. The van der Waals surface area contributed by atoms with Crippen molar-refractivity contribution in [3.05, 3.63) is 44.1 Å². The molecular weight excluding hydrogens is 476 g/mol. The fourth-order valence-electron chi connectivity index (χ4n) is 2.11. The lowest BCUT2D eigenvalue weighted by Crippen LogP contribution is -2.30. The van der Waals surface area contributed by atoms with Crippen molar-refractivity contribution in [2.45, 2.75) is 26.1 Å². The minimum absolute atomic E-state index is 0.0363. The average Bonchev–Trinajstić information content (AvgIpc) is 2.83. The molecule has 0 aliphatic carbocycles. The number of benzene rings is 1. The molecule has 2 rings (SSSR count). The first-order valence-corrected chi connectivity index (χ1v) is 9.35. The second-order valence-electron chi connectivity index (χ2n) is 5.33. The van der Waals surface area contributed by atoms with Gasteiger partial charge in [-0.05, 0) is 59.7 Å². The quantitative estimate of drug-likeness (QED) is 0.420. The second kappa shape index (κ2) is 8.77. The van der Waals surface area contributed by atoms with Crippen molar-refractivity contribution < 1.29 is 13.2 Å². The van der Waals surface area contributed by atoms with Crippen LogP contribution in [0.2, 0.25) is 10.0 Å². The van der Waals surface area contributed by atoms with Crippen LogP contribution in [0.25, 0.3) is 0 Å². The van der Waals surface area contributed by atoms with Crippen LogP contribution in [0.1, 0.15) is 17.8 Å². The summed E-state index contributed by atoms with van der Waals surface area (Å²) in [5.41, 5.74) is 0.0674. The Morgan fingerprint density at radius 2 is 2.04 bits per heavy atom. The van der Waals surface area contributed by atoms with Gasteiger partial charge in [0.15, 0.2) is 10.8 Å². The van der Waals surface area contributed by atoms with Gasteiger partial charge < -0.3 is 10.6 Å². The summed E-state index contributed by atoms with van der Waals surface area (Å²) in [4.78, 5) is 0. The smallest absolute Gasteiger partial charge is 0.362 e. The molecule has 0 radical (unpaired) electrons. The van der Waals surface area contributed by atoms with Crippen LogP contribution >= 0.6 is 51.3 Å². The van der Waals surface area contributed by atoms with Gasteiger partial charge >= 0.3 is 6.18 Å². The van der Waals surface area contributed by atoms with E-state index < -0.39 is 11.9 Å². The van der Waals surface area contributed by atoms with Crippen molar-refractivity contribution in [2.75, 3.05) is 11.9 Å². The van der Waals surface area contributed by atoms with Crippen LogP contribution in [0.3, 0.4) is 0 Å². The lowest BCUT2D eigenvalue weighted by atomic mass is 10.3. The van der Waals surface area contributed by atoms with Crippen molar-refractivity contribution in [2.24, 2.45) is 0 Å². The van der Waals surface area contributed by atoms with Gasteiger partial charge in [0.2, 0.25) is 0 Å². The van der Waals surface area contributed by atoms with Gasteiger partial charge in [-0.1, -0.05) is 23.2 Å². The number of halogens is 6. The highest BCUT2D eigenvalue weighted by atomic mass is 79.9. The highest BCUT2D eigenvalue weighted by Gasteiger charge is 2.37. The first kappa shape index (κ1) is 21.3. The molecule has 0 saturated carbocycles. The van der Waals surface area contributed by atoms with Crippen LogP contribution in [0.15, 0.2) is 22.7 Å². The van der Waals surface area contributed by atoms with Gasteiger partial charge in [-0.25, -0.2) is 0 Å². The number of thiocarbonyl (C=S) groups is 1. The molecule has 0 amide bonds. The Balaban J connectivity index is 1.85. The molecule has 0 saturated heterocycles. The summed E-state index contributed by atoms with van der Waals surface area (Å²) in [6, 6.07) is 4.94. The van der Waals surface area contributed by atoms with E-state index in [2.05, 4.69) is 31.7 Å². The molecule has 0 fully saturated rings. The maximum absolute atomic E-state index is 12.8. The first-order valence-electron chi connectivity index (χ1n) is 7.39. The molecule has 2 aromatic rings. The lowest BCUT2D eigenvalue weighted by molar-refractivity contribution is -0.142. The van der Waals surface area contributed by atoms with Crippen molar-refractivity contribution in [1.82, 2.24) is 15.1 Å². The Morgan fingerprint density at radius 3 is 2.65 bits per heavy atom. The van der Waals surface area contributed by atoms with Crippen LogP contribution in [0.5, 0.6) is 0 Å². The second-order valence-corrected chi connectivity index (χ2v) is 7.37. The molecule has 11 heteroatoms. The number of aromatic nitrogens is 2. The van der Waals surface area contributed by atoms with Crippen LogP contribution < -0.4 is 10.6 Å². The molecule has 142 valence electrons. The third-order valence-electron chi connectivity index (χ3n) is 3.41. The third-order valence-corrected chi connectivity index (χ3v) is 5.17. The Kier molecular flexibility index (Phi) is 7.18. The number of nitrogens with zero attached hydrogens (tertiary/aromatic N) is 2. The van der Waals surface area contributed by atoms with Crippen LogP contribution in [-0.4, -0.2) is 21.4 Å². The maximum atomic E-state index is 12.8. The number of hydrogen-bond acceptors (Lipinski definition) is 2. The van der Waals surface area contributed by atoms with Gasteiger partial charge in [0.1, 0.15) is 0 Å². The van der Waals surface area contributed by atoms with E-state index in [0.29, 0.717) is 46.0 Å². The molecule has 0 atom stereocenters. The molecule has 0 spiro atoms. The van der Waals surface area contributed by atoms with Gasteiger partial charge in [-0.15, -0.1) is 0 Å². The van der Waals surface area contributed by atoms with E-state index >= 15 is 0 Å². The molecule has 0 unspecified atom stereocenters. The Bertz CT molecular complexity index is 811. The third kappa shape index (κ3) is 5.48. The Labute approximate surface area is 172 Å². The molecule has 0 aliphatic heterocycles. The average molecular weight is 490 g/mol. The first-order chi connectivity index (χ1) is 12.1. The van der Waals surface area contributed by atoms with E-state index in [4.69, 9.17) is 35.4 Å². The summed E-state index contributed by atoms with van der Waals surface area (Å²) in [7, 11) is 0. The zero-order valence-electron chi connectivity index (χ0n) is 13.4. The van der Waals surface area contributed by atoms with Gasteiger partial charge in [0, 0.05) is 18.1 Å². The largest absolute Gasteiger partial charge is 0.436 e. The normalized spacial score (nSPS) is 11.5. The van der Waals surface area contributed by atoms with Gasteiger partial charge in [-0.2, -0.15) is 18.3 Å². The maximum Gasteiger partial charge on any atom is 0.436 e. The zero-order valence-corrected chi connectivity index (χ0v) is 17.3. The predicted octanol–water partition coefficient (Wildman–Crippen LogP) is 5.66.